The van der Waals surface area contributed by atoms with Crippen LogP contribution in [0.4, 0.5) is 14.5 Å². The number of carbonyl (C=O) groups is 2. The van der Waals surface area contributed by atoms with E-state index in [9.17, 15) is 18.4 Å². The summed E-state index contributed by atoms with van der Waals surface area (Å²) in [5.41, 5.74) is 0.537. The second-order valence-corrected chi connectivity index (χ2v) is 5.55. The van der Waals surface area contributed by atoms with E-state index >= 15 is 0 Å². The minimum atomic E-state index is -1.08. The fourth-order valence-corrected chi connectivity index (χ4v) is 1.98. The molecule has 0 aromatic heterocycles. The third-order valence-corrected chi connectivity index (χ3v) is 3.38. The van der Waals surface area contributed by atoms with Crippen molar-refractivity contribution in [2.24, 2.45) is 0 Å². The summed E-state index contributed by atoms with van der Waals surface area (Å²) >= 11 is 5.74. The van der Waals surface area contributed by atoms with Gasteiger partial charge in [-0.25, -0.2) is 8.78 Å². The van der Waals surface area contributed by atoms with Gasteiger partial charge in [0.25, 0.3) is 5.91 Å². The van der Waals surface area contributed by atoms with Crippen molar-refractivity contribution in [3.8, 4) is 5.75 Å². The van der Waals surface area contributed by atoms with Crippen LogP contribution in [0.3, 0.4) is 0 Å². The standard InChI is InChI=1S/C17H15ClF2N2O3/c1-10(25-13-6-7-14(19)15(20)8-13)17(24)21-9-16(23)22-12-4-2-11(18)3-5-12/h2-8,10H,9H2,1H3,(H,21,24)(H,22,23). The van der Waals surface area contributed by atoms with Crippen LogP contribution >= 0.6 is 11.6 Å². The fourth-order valence-electron chi connectivity index (χ4n) is 1.86. The maximum atomic E-state index is 13.1. The van der Waals surface area contributed by atoms with Gasteiger partial charge in [-0.15, -0.1) is 0 Å². The fraction of sp³-hybridized carbons (Fsp3) is 0.176. The molecule has 0 heterocycles. The number of amides is 2. The molecule has 0 saturated heterocycles. The smallest absolute Gasteiger partial charge is 0.261 e. The van der Waals surface area contributed by atoms with Crippen molar-refractivity contribution in [1.82, 2.24) is 5.32 Å². The van der Waals surface area contributed by atoms with Crippen molar-refractivity contribution in [2.75, 3.05) is 11.9 Å². The van der Waals surface area contributed by atoms with Crippen LogP contribution in [0.2, 0.25) is 5.02 Å². The van der Waals surface area contributed by atoms with E-state index < -0.39 is 29.6 Å². The van der Waals surface area contributed by atoms with E-state index in [2.05, 4.69) is 10.6 Å². The number of hydrogen-bond acceptors (Lipinski definition) is 3. The van der Waals surface area contributed by atoms with E-state index in [4.69, 9.17) is 16.3 Å². The number of nitrogens with one attached hydrogen (secondary N) is 2. The van der Waals surface area contributed by atoms with Crippen molar-refractivity contribution >= 4 is 29.1 Å². The lowest BCUT2D eigenvalue weighted by atomic mass is 10.3. The Bertz CT molecular complexity index is 769. The van der Waals surface area contributed by atoms with Crippen molar-refractivity contribution in [2.45, 2.75) is 13.0 Å². The Kier molecular flexibility index (Phi) is 6.30. The SMILES string of the molecule is CC(Oc1ccc(F)c(F)c1)C(=O)NCC(=O)Nc1ccc(Cl)cc1. The molecular weight excluding hydrogens is 354 g/mol. The summed E-state index contributed by atoms with van der Waals surface area (Å²) in [6, 6.07) is 9.42. The number of benzene rings is 2. The first-order chi connectivity index (χ1) is 11.8. The summed E-state index contributed by atoms with van der Waals surface area (Å²) in [5, 5.41) is 5.51. The lowest BCUT2D eigenvalue weighted by Crippen LogP contribution is -2.40. The van der Waals surface area contributed by atoms with Crippen LogP contribution in [0.5, 0.6) is 5.75 Å². The Morgan fingerprint density at radius 3 is 2.44 bits per heavy atom. The van der Waals surface area contributed by atoms with Gasteiger partial charge in [0.1, 0.15) is 5.75 Å². The predicted molar refractivity (Wildman–Crippen MR) is 89.5 cm³/mol. The van der Waals surface area contributed by atoms with E-state index in [0.29, 0.717) is 10.7 Å². The first kappa shape index (κ1) is 18.7. The summed E-state index contributed by atoms with van der Waals surface area (Å²) in [6.45, 7) is 1.15. The summed E-state index contributed by atoms with van der Waals surface area (Å²) in [5.74, 6) is -3.09. The van der Waals surface area contributed by atoms with Crippen LogP contribution in [-0.2, 0) is 9.59 Å². The molecule has 0 radical (unpaired) electrons. The van der Waals surface area contributed by atoms with Crippen LogP contribution in [0.1, 0.15) is 6.92 Å². The van der Waals surface area contributed by atoms with Crippen molar-refractivity contribution in [3.63, 3.8) is 0 Å². The average molecular weight is 369 g/mol. The largest absolute Gasteiger partial charge is 0.481 e. The minimum Gasteiger partial charge on any atom is -0.481 e. The zero-order valence-electron chi connectivity index (χ0n) is 13.2. The molecule has 0 aliphatic carbocycles. The molecule has 0 saturated carbocycles. The van der Waals surface area contributed by atoms with Gasteiger partial charge in [-0.05, 0) is 43.3 Å². The van der Waals surface area contributed by atoms with Crippen LogP contribution in [0, 0.1) is 11.6 Å². The molecule has 25 heavy (non-hydrogen) atoms. The highest BCUT2D eigenvalue weighted by Crippen LogP contribution is 2.17. The van der Waals surface area contributed by atoms with Gasteiger partial charge < -0.3 is 15.4 Å². The maximum absolute atomic E-state index is 13.1. The van der Waals surface area contributed by atoms with Gasteiger partial charge in [-0.1, -0.05) is 11.6 Å². The summed E-state index contributed by atoms with van der Waals surface area (Å²) < 4.78 is 31.2. The Hall–Kier alpha value is -2.67. The third-order valence-electron chi connectivity index (χ3n) is 3.12. The van der Waals surface area contributed by atoms with Crippen molar-refractivity contribution < 1.29 is 23.1 Å². The average Bonchev–Trinajstić information content (AvgIpc) is 2.58. The highest BCUT2D eigenvalue weighted by molar-refractivity contribution is 6.30. The van der Waals surface area contributed by atoms with Crippen LogP contribution < -0.4 is 15.4 Å². The molecule has 0 bridgehead atoms. The van der Waals surface area contributed by atoms with Gasteiger partial charge in [0.05, 0.1) is 6.54 Å². The van der Waals surface area contributed by atoms with Gasteiger partial charge >= 0.3 is 0 Å². The highest BCUT2D eigenvalue weighted by Gasteiger charge is 2.16. The molecule has 0 aliphatic heterocycles. The Balaban J connectivity index is 1.81. The molecule has 1 unspecified atom stereocenters. The molecule has 0 aliphatic rings. The zero-order chi connectivity index (χ0) is 18.4. The number of anilines is 1. The van der Waals surface area contributed by atoms with Crippen molar-refractivity contribution in [1.29, 1.82) is 0 Å². The number of rotatable bonds is 6. The second-order valence-electron chi connectivity index (χ2n) is 5.11. The maximum Gasteiger partial charge on any atom is 0.261 e. The van der Waals surface area contributed by atoms with Gasteiger partial charge in [0, 0.05) is 16.8 Å². The van der Waals surface area contributed by atoms with Gasteiger partial charge in [-0.3, -0.25) is 9.59 Å². The number of carbonyl (C=O) groups excluding carboxylic acids is 2. The van der Waals surface area contributed by atoms with E-state index in [1.807, 2.05) is 0 Å². The first-order valence-electron chi connectivity index (χ1n) is 7.30. The van der Waals surface area contributed by atoms with Crippen LogP contribution in [-0.4, -0.2) is 24.5 Å². The molecule has 2 amide bonds. The molecule has 2 N–H and O–H groups in total. The second kappa shape index (κ2) is 8.43. The molecule has 5 nitrogen and oxygen atoms in total. The summed E-state index contributed by atoms with van der Waals surface area (Å²) in [7, 11) is 0. The highest BCUT2D eigenvalue weighted by atomic mass is 35.5. The zero-order valence-corrected chi connectivity index (χ0v) is 13.9. The van der Waals surface area contributed by atoms with E-state index in [1.165, 1.54) is 13.0 Å². The lowest BCUT2D eigenvalue weighted by molar-refractivity contribution is -0.129. The number of ether oxygens (including phenoxy) is 1. The monoisotopic (exact) mass is 368 g/mol. The molecule has 2 aromatic rings. The van der Waals surface area contributed by atoms with Gasteiger partial charge in [0.2, 0.25) is 5.91 Å². The number of halogens is 3. The van der Waals surface area contributed by atoms with E-state index in [1.54, 1.807) is 24.3 Å². The molecule has 2 rings (SSSR count). The van der Waals surface area contributed by atoms with E-state index in [-0.39, 0.29) is 12.3 Å². The lowest BCUT2D eigenvalue weighted by Gasteiger charge is -2.14. The summed E-state index contributed by atoms with van der Waals surface area (Å²) in [6.07, 6.45) is -0.992. The van der Waals surface area contributed by atoms with Gasteiger partial charge in [-0.2, -0.15) is 0 Å². The van der Waals surface area contributed by atoms with Gasteiger partial charge in [0.15, 0.2) is 17.7 Å². The normalized spacial score (nSPS) is 11.5. The third kappa shape index (κ3) is 5.72. The predicted octanol–water partition coefficient (Wildman–Crippen LogP) is 3.14. The Morgan fingerprint density at radius 1 is 1.12 bits per heavy atom. The molecule has 1 atom stereocenters. The molecule has 132 valence electrons. The molecule has 0 spiro atoms. The minimum absolute atomic E-state index is 0.00663. The van der Waals surface area contributed by atoms with Crippen molar-refractivity contribution in [3.05, 3.63) is 59.1 Å². The Labute approximate surface area is 147 Å². The molecule has 2 aromatic carbocycles. The topological polar surface area (TPSA) is 67.4 Å². The quantitative estimate of drug-likeness (QED) is 0.823. The number of hydrogen-bond donors (Lipinski definition) is 2. The van der Waals surface area contributed by atoms with Crippen LogP contribution in [0.25, 0.3) is 0 Å². The molecule has 8 heteroatoms. The summed E-state index contributed by atoms with van der Waals surface area (Å²) in [4.78, 5) is 23.7. The van der Waals surface area contributed by atoms with Crippen LogP contribution in [0.15, 0.2) is 42.5 Å². The molecular formula is C17H15ClF2N2O3. The van der Waals surface area contributed by atoms with E-state index in [0.717, 1.165) is 12.1 Å². The molecule has 0 fully saturated rings. The Morgan fingerprint density at radius 2 is 1.80 bits per heavy atom. The first-order valence-corrected chi connectivity index (χ1v) is 7.68.